The Morgan fingerprint density at radius 2 is 1.41 bits per heavy atom. The van der Waals surface area contributed by atoms with Gasteiger partial charge in [0.15, 0.2) is 0 Å². The fourth-order valence-electron chi connectivity index (χ4n) is 9.11. The predicted octanol–water partition coefficient (Wildman–Crippen LogP) is 6.93. The van der Waals surface area contributed by atoms with Crippen LogP contribution in [-0.4, -0.2) is 0 Å². The largest absolute Gasteiger partial charge is 0.0574 e. The van der Waals surface area contributed by atoms with Crippen molar-refractivity contribution in [2.75, 3.05) is 0 Å². The smallest absolute Gasteiger partial charge is 0.0130 e. The SMILES string of the molecule is Ic1ccc(C23C[C@H]4C5CC6C[C@](c7ccc(I)cc7)(C5)CC4[C@@]62C3)cc1. The number of rotatable bonds is 2. The third kappa shape index (κ3) is 1.87. The lowest BCUT2D eigenvalue weighted by atomic mass is 9.42. The molecule has 6 aliphatic carbocycles. The van der Waals surface area contributed by atoms with Crippen molar-refractivity contribution in [1.29, 1.82) is 0 Å². The highest BCUT2D eigenvalue weighted by atomic mass is 127. The topological polar surface area (TPSA) is 0 Å². The third-order valence-electron chi connectivity index (χ3n) is 9.80. The van der Waals surface area contributed by atoms with Crippen LogP contribution in [0.1, 0.15) is 49.7 Å². The minimum atomic E-state index is 0.509. The maximum Gasteiger partial charge on any atom is 0.0130 e. The van der Waals surface area contributed by atoms with Gasteiger partial charge in [0.05, 0.1) is 0 Å². The highest BCUT2D eigenvalue weighted by molar-refractivity contribution is 14.1. The average molecular weight is 578 g/mol. The van der Waals surface area contributed by atoms with Crippen LogP contribution >= 0.6 is 45.2 Å². The molecule has 2 aromatic carbocycles. The van der Waals surface area contributed by atoms with Crippen molar-refractivity contribution in [3.63, 3.8) is 0 Å². The van der Waals surface area contributed by atoms with Gasteiger partial charge in [-0.2, -0.15) is 0 Å². The molecule has 27 heavy (non-hydrogen) atoms. The average Bonchev–Trinajstić information content (AvgIpc) is 3.27. The predicted molar refractivity (Wildman–Crippen MR) is 126 cm³/mol. The standard InChI is InChI=1S/C25H24I2/c26-19-5-1-16(2-6-19)23-10-15-9-18(11-23)25-14-24(25,12-21(15)22(25)13-23)17-3-7-20(27)8-4-17/h1-8,15,18,21-22H,9-14H2/t15?,18?,21-,22?,23+,24?,25+/m0/s1. The Bertz CT molecular complexity index is 947. The van der Waals surface area contributed by atoms with Crippen LogP contribution in [0.4, 0.5) is 0 Å². The van der Waals surface area contributed by atoms with Crippen LogP contribution in [0.25, 0.3) is 0 Å². The summed E-state index contributed by atoms with van der Waals surface area (Å²) in [6, 6.07) is 19.3. The van der Waals surface area contributed by atoms with Gasteiger partial charge in [0.1, 0.15) is 0 Å². The lowest BCUT2D eigenvalue weighted by molar-refractivity contribution is -0.0933. The van der Waals surface area contributed by atoms with Gasteiger partial charge in [0.2, 0.25) is 0 Å². The Morgan fingerprint density at radius 3 is 2.11 bits per heavy atom. The summed E-state index contributed by atoms with van der Waals surface area (Å²) in [6.45, 7) is 0. The van der Waals surface area contributed by atoms with E-state index >= 15 is 0 Å². The highest BCUT2D eigenvalue weighted by Gasteiger charge is 2.84. The molecule has 6 aliphatic rings. The van der Waals surface area contributed by atoms with Gasteiger partial charge in [-0.05, 0) is 154 Å². The van der Waals surface area contributed by atoms with E-state index in [9.17, 15) is 0 Å². The summed E-state index contributed by atoms with van der Waals surface area (Å²) in [6.07, 6.45) is 8.98. The molecule has 1 spiro atoms. The fraction of sp³-hybridized carbons (Fsp3) is 0.520. The summed E-state index contributed by atoms with van der Waals surface area (Å²) < 4.78 is 2.75. The van der Waals surface area contributed by atoms with E-state index in [4.69, 9.17) is 0 Å². The molecule has 7 atom stereocenters. The highest BCUT2D eigenvalue weighted by Crippen LogP contribution is 2.89. The summed E-state index contributed by atoms with van der Waals surface area (Å²) >= 11 is 4.90. The minimum Gasteiger partial charge on any atom is -0.0574 e. The fourth-order valence-corrected chi connectivity index (χ4v) is 9.83. The van der Waals surface area contributed by atoms with Crippen LogP contribution in [0, 0.1) is 36.2 Å². The summed E-state index contributed by atoms with van der Waals surface area (Å²) in [5, 5.41) is 0. The summed E-state index contributed by atoms with van der Waals surface area (Å²) in [5.74, 6) is 4.00. The van der Waals surface area contributed by atoms with Crippen LogP contribution in [0.5, 0.6) is 0 Å². The Hall–Kier alpha value is -0.100. The zero-order valence-corrected chi connectivity index (χ0v) is 19.7. The van der Waals surface area contributed by atoms with Gasteiger partial charge in [-0.25, -0.2) is 0 Å². The number of hydrogen-bond acceptors (Lipinski definition) is 0. The van der Waals surface area contributed by atoms with Crippen LogP contribution in [-0.2, 0) is 10.8 Å². The second-order valence-electron chi connectivity index (χ2n) is 10.4. The van der Waals surface area contributed by atoms with Gasteiger partial charge >= 0.3 is 0 Å². The molecule has 8 rings (SSSR count). The number of hydrogen-bond donors (Lipinski definition) is 0. The zero-order chi connectivity index (χ0) is 18.0. The molecule has 0 N–H and O–H groups in total. The molecule has 6 saturated carbocycles. The second kappa shape index (κ2) is 5.14. The van der Waals surface area contributed by atoms with Crippen LogP contribution in [0.2, 0.25) is 0 Å². The van der Waals surface area contributed by atoms with E-state index in [1.807, 2.05) is 0 Å². The van der Waals surface area contributed by atoms with Gasteiger partial charge in [-0.3, -0.25) is 0 Å². The molecule has 6 bridgehead atoms. The van der Waals surface area contributed by atoms with Crippen molar-refractivity contribution >= 4 is 45.2 Å². The normalized spacial score (nSPS) is 47.9. The molecule has 0 nitrogen and oxygen atoms in total. The Kier molecular flexibility index (Phi) is 3.17. The maximum atomic E-state index is 2.48. The zero-order valence-electron chi connectivity index (χ0n) is 15.4. The number of halogens is 2. The first kappa shape index (κ1) is 16.7. The number of benzene rings is 2. The monoisotopic (exact) mass is 578 g/mol. The van der Waals surface area contributed by atoms with Crippen molar-refractivity contribution in [1.82, 2.24) is 0 Å². The Balaban J connectivity index is 1.32. The lowest BCUT2D eigenvalue weighted by Crippen LogP contribution is -2.56. The molecular weight excluding hydrogens is 554 g/mol. The Labute approximate surface area is 189 Å². The van der Waals surface area contributed by atoms with Crippen LogP contribution in [0.15, 0.2) is 48.5 Å². The first-order valence-electron chi connectivity index (χ1n) is 10.6. The van der Waals surface area contributed by atoms with Crippen molar-refractivity contribution < 1.29 is 0 Å². The first-order chi connectivity index (χ1) is 13.1. The second-order valence-corrected chi connectivity index (χ2v) is 12.9. The molecular formula is C25H24I2. The Morgan fingerprint density at radius 1 is 0.741 bits per heavy atom. The minimum absolute atomic E-state index is 0.509. The molecule has 4 unspecified atom stereocenters. The summed E-state index contributed by atoms with van der Waals surface area (Å²) in [4.78, 5) is 0. The van der Waals surface area contributed by atoms with Gasteiger partial charge in [-0.15, -0.1) is 0 Å². The van der Waals surface area contributed by atoms with E-state index in [0.717, 1.165) is 23.7 Å². The van der Waals surface area contributed by atoms with Gasteiger partial charge in [0, 0.05) is 12.6 Å². The van der Waals surface area contributed by atoms with E-state index < -0.39 is 0 Å². The van der Waals surface area contributed by atoms with Crippen molar-refractivity contribution in [2.24, 2.45) is 29.1 Å². The van der Waals surface area contributed by atoms with Crippen molar-refractivity contribution in [3.8, 4) is 0 Å². The molecule has 0 aromatic heterocycles. The van der Waals surface area contributed by atoms with Gasteiger partial charge in [-0.1, -0.05) is 24.3 Å². The quantitative estimate of drug-likeness (QED) is 0.339. The van der Waals surface area contributed by atoms with Crippen molar-refractivity contribution in [2.45, 2.75) is 49.4 Å². The molecule has 0 amide bonds. The first-order valence-corrected chi connectivity index (χ1v) is 12.7. The van der Waals surface area contributed by atoms with E-state index in [-0.39, 0.29) is 0 Å². The van der Waals surface area contributed by atoms with Gasteiger partial charge in [0.25, 0.3) is 0 Å². The maximum absolute atomic E-state index is 2.48. The molecule has 0 heterocycles. The van der Waals surface area contributed by atoms with E-state index in [1.165, 1.54) is 39.2 Å². The molecule has 2 aromatic rings. The van der Waals surface area contributed by atoms with E-state index in [2.05, 4.69) is 93.7 Å². The molecule has 138 valence electrons. The van der Waals surface area contributed by atoms with Gasteiger partial charge < -0.3 is 0 Å². The molecule has 0 aliphatic heterocycles. The van der Waals surface area contributed by atoms with Crippen molar-refractivity contribution in [3.05, 3.63) is 66.8 Å². The van der Waals surface area contributed by atoms with E-state index in [1.54, 1.807) is 17.5 Å². The summed E-state index contributed by atoms with van der Waals surface area (Å²) in [7, 11) is 0. The third-order valence-corrected chi connectivity index (χ3v) is 11.2. The molecule has 2 heteroatoms. The lowest BCUT2D eigenvalue weighted by Gasteiger charge is -2.62. The molecule has 0 saturated heterocycles. The van der Waals surface area contributed by atoms with Crippen LogP contribution in [0.3, 0.4) is 0 Å². The van der Waals surface area contributed by atoms with Crippen LogP contribution < -0.4 is 0 Å². The molecule has 6 fully saturated rings. The molecule has 0 radical (unpaired) electrons. The van der Waals surface area contributed by atoms with E-state index in [0.29, 0.717) is 16.2 Å². The summed E-state index contributed by atoms with van der Waals surface area (Å²) in [5.41, 5.74) is 5.08.